The molecule has 2 aromatic heterocycles. The van der Waals surface area contributed by atoms with Gasteiger partial charge in [-0.25, -0.2) is 9.97 Å². The number of pyridine rings is 1. The van der Waals surface area contributed by atoms with Crippen molar-refractivity contribution >= 4 is 17.1 Å². The quantitative estimate of drug-likeness (QED) is 0.769. The molecule has 0 saturated carbocycles. The second-order valence-corrected chi connectivity index (χ2v) is 4.26. The van der Waals surface area contributed by atoms with E-state index in [9.17, 15) is 4.79 Å². The van der Waals surface area contributed by atoms with Crippen LogP contribution in [-0.2, 0) is 6.54 Å². The zero-order valence-corrected chi connectivity index (χ0v) is 10.2. The minimum Gasteiger partial charge on any atom is -0.364 e. The lowest BCUT2D eigenvalue weighted by Gasteiger charge is -2.04. The van der Waals surface area contributed by atoms with Gasteiger partial charge in [0, 0.05) is 6.54 Å². The maximum atomic E-state index is 11.1. The predicted molar refractivity (Wildman–Crippen MR) is 71.6 cm³/mol. The summed E-state index contributed by atoms with van der Waals surface area (Å²) in [6.45, 7) is 0.717. The number of imidazole rings is 1. The molecule has 2 heterocycles. The molecule has 5 nitrogen and oxygen atoms in total. The van der Waals surface area contributed by atoms with Crippen LogP contribution in [0.15, 0.2) is 48.8 Å². The Morgan fingerprint density at radius 2 is 1.95 bits per heavy atom. The van der Waals surface area contributed by atoms with Crippen molar-refractivity contribution in [3.8, 4) is 0 Å². The number of fused-ring (bicyclic) bond motifs is 1. The first-order valence-corrected chi connectivity index (χ1v) is 5.89. The van der Waals surface area contributed by atoms with Crippen molar-refractivity contribution in [3.05, 3.63) is 60.0 Å². The van der Waals surface area contributed by atoms with E-state index in [1.165, 1.54) is 5.56 Å². The molecule has 0 saturated heterocycles. The van der Waals surface area contributed by atoms with Gasteiger partial charge in [0.15, 0.2) is 5.65 Å². The average Bonchev–Trinajstić information content (AvgIpc) is 2.82. The molecule has 94 valence electrons. The fourth-order valence-corrected chi connectivity index (χ4v) is 1.99. The molecule has 2 N–H and O–H groups in total. The molecule has 0 fully saturated rings. The Bertz CT molecular complexity index is 734. The summed E-state index contributed by atoms with van der Waals surface area (Å²) in [6, 6.07) is 13.5. The Morgan fingerprint density at radius 1 is 1.16 bits per heavy atom. The summed E-state index contributed by atoms with van der Waals surface area (Å²) in [5.74, 6) is -0.542. The van der Waals surface area contributed by atoms with Crippen LogP contribution in [0, 0.1) is 0 Å². The molecule has 0 spiro atoms. The van der Waals surface area contributed by atoms with Crippen molar-refractivity contribution in [3.63, 3.8) is 0 Å². The van der Waals surface area contributed by atoms with Gasteiger partial charge in [-0.2, -0.15) is 0 Å². The molecule has 0 aliphatic rings. The number of carbonyl (C=O) groups is 1. The van der Waals surface area contributed by atoms with E-state index in [1.807, 2.05) is 28.8 Å². The Labute approximate surface area is 109 Å². The molecule has 19 heavy (non-hydrogen) atoms. The maximum Gasteiger partial charge on any atom is 0.267 e. The average molecular weight is 252 g/mol. The summed E-state index contributed by atoms with van der Waals surface area (Å²) in [6.07, 6.45) is 1.72. The molecule has 1 aromatic carbocycles. The number of aromatic nitrogens is 3. The number of carbonyl (C=O) groups excluding carboxylic acids is 1. The van der Waals surface area contributed by atoms with Gasteiger partial charge in [-0.15, -0.1) is 0 Å². The van der Waals surface area contributed by atoms with Crippen LogP contribution in [0.4, 0.5) is 0 Å². The molecular formula is C14H12N4O. The lowest BCUT2D eigenvalue weighted by Crippen LogP contribution is -2.12. The summed E-state index contributed by atoms with van der Waals surface area (Å²) in [7, 11) is 0. The van der Waals surface area contributed by atoms with Crippen molar-refractivity contribution in [1.82, 2.24) is 14.5 Å². The van der Waals surface area contributed by atoms with E-state index < -0.39 is 5.91 Å². The van der Waals surface area contributed by atoms with E-state index >= 15 is 0 Å². The van der Waals surface area contributed by atoms with Crippen molar-refractivity contribution < 1.29 is 4.79 Å². The van der Waals surface area contributed by atoms with Gasteiger partial charge in [-0.3, -0.25) is 4.79 Å². The summed E-state index contributed by atoms with van der Waals surface area (Å²) in [5, 5.41) is 0. The van der Waals surface area contributed by atoms with Gasteiger partial charge in [0.25, 0.3) is 5.91 Å². The maximum absolute atomic E-state index is 11.1. The third-order valence-electron chi connectivity index (χ3n) is 2.93. The first kappa shape index (κ1) is 11.4. The summed E-state index contributed by atoms with van der Waals surface area (Å²) < 4.78 is 1.99. The minimum atomic E-state index is -0.542. The van der Waals surface area contributed by atoms with Crippen molar-refractivity contribution in [2.24, 2.45) is 5.73 Å². The number of nitrogens with two attached hydrogens (primary N) is 1. The van der Waals surface area contributed by atoms with E-state index in [-0.39, 0.29) is 5.69 Å². The smallest absolute Gasteiger partial charge is 0.267 e. The monoisotopic (exact) mass is 252 g/mol. The SMILES string of the molecule is NC(=O)c1ccc2c(ncn2Cc2ccccc2)n1. The fourth-order valence-electron chi connectivity index (χ4n) is 1.99. The molecule has 1 amide bonds. The zero-order chi connectivity index (χ0) is 13.2. The fraction of sp³-hybridized carbons (Fsp3) is 0.0714. The number of amides is 1. The van der Waals surface area contributed by atoms with Crippen LogP contribution in [0.3, 0.4) is 0 Å². The highest BCUT2D eigenvalue weighted by Crippen LogP contribution is 2.13. The van der Waals surface area contributed by atoms with Gasteiger partial charge in [0.1, 0.15) is 5.69 Å². The van der Waals surface area contributed by atoms with Gasteiger partial charge in [-0.05, 0) is 17.7 Å². The lowest BCUT2D eigenvalue weighted by molar-refractivity contribution is 0.0996. The predicted octanol–water partition coefficient (Wildman–Crippen LogP) is 1.58. The molecule has 5 heteroatoms. The van der Waals surface area contributed by atoms with E-state index in [2.05, 4.69) is 22.1 Å². The summed E-state index contributed by atoms with van der Waals surface area (Å²) in [4.78, 5) is 19.4. The highest BCUT2D eigenvalue weighted by Gasteiger charge is 2.08. The highest BCUT2D eigenvalue weighted by atomic mass is 16.1. The highest BCUT2D eigenvalue weighted by molar-refractivity contribution is 5.92. The first-order valence-electron chi connectivity index (χ1n) is 5.89. The Kier molecular flexibility index (Phi) is 2.72. The standard InChI is InChI=1S/C14H12N4O/c15-13(19)11-6-7-12-14(17-11)16-9-18(12)8-10-4-2-1-3-5-10/h1-7,9H,8H2,(H2,15,19). The molecule has 3 aromatic rings. The van der Waals surface area contributed by atoms with Crippen LogP contribution in [0.5, 0.6) is 0 Å². The third kappa shape index (κ3) is 2.18. The topological polar surface area (TPSA) is 73.8 Å². The number of hydrogen-bond acceptors (Lipinski definition) is 3. The molecular weight excluding hydrogens is 240 g/mol. The Hall–Kier alpha value is -2.69. The molecule has 0 atom stereocenters. The summed E-state index contributed by atoms with van der Waals surface area (Å²) in [5.41, 5.74) is 8.03. The minimum absolute atomic E-state index is 0.234. The van der Waals surface area contributed by atoms with Crippen molar-refractivity contribution in [2.45, 2.75) is 6.54 Å². The van der Waals surface area contributed by atoms with Gasteiger partial charge in [0.2, 0.25) is 0 Å². The largest absolute Gasteiger partial charge is 0.364 e. The van der Waals surface area contributed by atoms with Crippen LogP contribution in [0.25, 0.3) is 11.2 Å². The van der Waals surface area contributed by atoms with Crippen LogP contribution < -0.4 is 5.73 Å². The van der Waals surface area contributed by atoms with E-state index in [4.69, 9.17) is 5.73 Å². The van der Waals surface area contributed by atoms with Crippen LogP contribution in [0.2, 0.25) is 0 Å². The lowest BCUT2D eigenvalue weighted by atomic mass is 10.2. The molecule has 0 aliphatic heterocycles. The Morgan fingerprint density at radius 3 is 2.68 bits per heavy atom. The third-order valence-corrected chi connectivity index (χ3v) is 2.93. The normalized spacial score (nSPS) is 10.7. The molecule has 0 unspecified atom stereocenters. The second kappa shape index (κ2) is 4.53. The number of nitrogens with zero attached hydrogens (tertiary/aromatic N) is 3. The first-order chi connectivity index (χ1) is 9.24. The number of benzene rings is 1. The van der Waals surface area contributed by atoms with Crippen molar-refractivity contribution in [1.29, 1.82) is 0 Å². The number of rotatable bonds is 3. The molecule has 0 aliphatic carbocycles. The summed E-state index contributed by atoms with van der Waals surface area (Å²) >= 11 is 0. The second-order valence-electron chi connectivity index (χ2n) is 4.26. The Balaban J connectivity index is 1.99. The van der Waals surface area contributed by atoms with Gasteiger partial charge < -0.3 is 10.3 Å². The number of hydrogen-bond donors (Lipinski definition) is 1. The van der Waals surface area contributed by atoms with E-state index in [0.717, 1.165) is 12.1 Å². The molecule has 0 radical (unpaired) electrons. The van der Waals surface area contributed by atoms with Gasteiger partial charge in [-0.1, -0.05) is 30.3 Å². The number of primary amides is 1. The van der Waals surface area contributed by atoms with E-state index in [1.54, 1.807) is 12.4 Å². The van der Waals surface area contributed by atoms with Crippen LogP contribution in [0.1, 0.15) is 16.1 Å². The van der Waals surface area contributed by atoms with Gasteiger partial charge >= 0.3 is 0 Å². The molecule has 3 rings (SSSR count). The molecule has 0 bridgehead atoms. The van der Waals surface area contributed by atoms with Crippen LogP contribution >= 0.6 is 0 Å². The van der Waals surface area contributed by atoms with Crippen LogP contribution in [-0.4, -0.2) is 20.4 Å². The van der Waals surface area contributed by atoms with Gasteiger partial charge in [0.05, 0.1) is 11.8 Å². The van der Waals surface area contributed by atoms with Crippen molar-refractivity contribution in [2.75, 3.05) is 0 Å². The van der Waals surface area contributed by atoms with E-state index in [0.29, 0.717) is 5.65 Å². The zero-order valence-electron chi connectivity index (χ0n) is 10.2.